The largest absolute Gasteiger partial charge is 0.494 e. The monoisotopic (exact) mass is 244 g/mol. The standard InChI is InChI=1S/C15H20N2O/c1-15(2,3)16-10-12-9-8-11-6-5-7-13(18-4)14(11)17-12/h5-9,16H,10H2,1-4H3. The summed E-state index contributed by atoms with van der Waals surface area (Å²) in [7, 11) is 1.68. The molecule has 0 aliphatic carbocycles. The lowest BCUT2D eigenvalue weighted by atomic mass is 10.1. The molecule has 0 radical (unpaired) electrons. The predicted molar refractivity (Wildman–Crippen MR) is 74.9 cm³/mol. The van der Waals surface area contributed by atoms with Gasteiger partial charge in [-0.1, -0.05) is 18.2 Å². The highest BCUT2D eigenvalue weighted by Gasteiger charge is 2.10. The molecular weight excluding hydrogens is 224 g/mol. The van der Waals surface area contributed by atoms with Crippen molar-refractivity contribution >= 4 is 10.9 Å². The highest BCUT2D eigenvalue weighted by Crippen LogP contribution is 2.23. The maximum Gasteiger partial charge on any atom is 0.145 e. The number of methoxy groups -OCH3 is 1. The second-order valence-electron chi connectivity index (χ2n) is 5.44. The second kappa shape index (κ2) is 4.94. The highest BCUT2D eigenvalue weighted by atomic mass is 16.5. The molecule has 0 spiro atoms. The molecule has 1 aromatic carbocycles. The van der Waals surface area contributed by atoms with Crippen molar-refractivity contribution in [3.63, 3.8) is 0 Å². The fourth-order valence-corrected chi connectivity index (χ4v) is 1.78. The van der Waals surface area contributed by atoms with Crippen LogP contribution in [0, 0.1) is 0 Å². The molecule has 0 amide bonds. The van der Waals surface area contributed by atoms with Crippen LogP contribution >= 0.6 is 0 Å². The van der Waals surface area contributed by atoms with E-state index in [0.717, 1.165) is 28.9 Å². The number of aromatic nitrogens is 1. The van der Waals surface area contributed by atoms with Gasteiger partial charge in [0.15, 0.2) is 0 Å². The van der Waals surface area contributed by atoms with E-state index in [1.165, 1.54) is 0 Å². The zero-order valence-corrected chi connectivity index (χ0v) is 11.4. The first-order valence-electron chi connectivity index (χ1n) is 6.17. The van der Waals surface area contributed by atoms with Gasteiger partial charge >= 0.3 is 0 Å². The minimum Gasteiger partial charge on any atom is -0.494 e. The van der Waals surface area contributed by atoms with Gasteiger partial charge in [-0.2, -0.15) is 0 Å². The molecule has 96 valence electrons. The molecule has 0 bridgehead atoms. The zero-order valence-electron chi connectivity index (χ0n) is 11.4. The lowest BCUT2D eigenvalue weighted by molar-refractivity contribution is 0.416. The van der Waals surface area contributed by atoms with Crippen LogP contribution in [-0.2, 0) is 6.54 Å². The van der Waals surface area contributed by atoms with Gasteiger partial charge in [-0.25, -0.2) is 4.98 Å². The zero-order chi connectivity index (χ0) is 13.2. The van der Waals surface area contributed by atoms with Gasteiger partial charge in [0.25, 0.3) is 0 Å². The minimum atomic E-state index is 0.0947. The molecular formula is C15H20N2O. The van der Waals surface area contributed by atoms with Crippen LogP contribution in [0.5, 0.6) is 5.75 Å². The molecule has 0 fully saturated rings. The van der Waals surface area contributed by atoms with Crippen molar-refractivity contribution in [3.8, 4) is 5.75 Å². The van der Waals surface area contributed by atoms with E-state index in [1.807, 2.05) is 18.2 Å². The van der Waals surface area contributed by atoms with E-state index in [4.69, 9.17) is 4.74 Å². The summed E-state index contributed by atoms with van der Waals surface area (Å²) < 4.78 is 5.34. The average molecular weight is 244 g/mol. The molecule has 0 aliphatic rings. The molecule has 18 heavy (non-hydrogen) atoms. The Bertz CT molecular complexity index is 544. The van der Waals surface area contributed by atoms with Crippen molar-refractivity contribution in [1.82, 2.24) is 10.3 Å². The molecule has 0 saturated carbocycles. The number of pyridine rings is 1. The highest BCUT2D eigenvalue weighted by molar-refractivity contribution is 5.84. The van der Waals surface area contributed by atoms with E-state index in [1.54, 1.807) is 7.11 Å². The molecule has 2 aromatic rings. The number of benzene rings is 1. The molecule has 2 rings (SSSR count). The maximum absolute atomic E-state index is 5.34. The van der Waals surface area contributed by atoms with E-state index in [9.17, 15) is 0 Å². The van der Waals surface area contributed by atoms with Crippen molar-refractivity contribution < 1.29 is 4.74 Å². The van der Waals surface area contributed by atoms with Crippen molar-refractivity contribution in [2.24, 2.45) is 0 Å². The third kappa shape index (κ3) is 2.99. The molecule has 3 heteroatoms. The number of hydrogen-bond donors (Lipinski definition) is 1. The molecule has 3 nitrogen and oxygen atoms in total. The molecule has 0 unspecified atom stereocenters. The predicted octanol–water partition coefficient (Wildman–Crippen LogP) is 3.13. The van der Waals surface area contributed by atoms with Crippen molar-refractivity contribution in [1.29, 1.82) is 0 Å². The Morgan fingerprint density at radius 1 is 1.17 bits per heavy atom. The normalized spacial score (nSPS) is 11.8. The summed E-state index contributed by atoms with van der Waals surface area (Å²) in [6.07, 6.45) is 0. The van der Waals surface area contributed by atoms with Crippen LogP contribution < -0.4 is 10.1 Å². The third-order valence-electron chi connectivity index (χ3n) is 2.76. The van der Waals surface area contributed by atoms with Gasteiger partial charge in [0, 0.05) is 17.5 Å². The first-order valence-corrected chi connectivity index (χ1v) is 6.17. The van der Waals surface area contributed by atoms with E-state index in [-0.39, 0.29) is 5.54 Å². The van der Waals surface area contributed by atoms with Gasteiger partial charge in [-0.15, -0.1) is 0 Å². The molecule has 1 N–H and O–H groups in total. The Hall–Kier alpha value is -1.61. The van der Waals surface area contributed by atoms with Gasteiger partial charge in [-0.3, -0.25) is 0 Å². The molecule has 0 aliphatic heterocycles. The average Bonchev–Trinajstić information content (AvgIpc) is 2.34. The summed E-state index contributed by atoms with van der Waals surface area (Å²) in [5.74, 6) is 0.824. The number of para-hydroxylation sites is 1. The van der Waals surface area contributed by atoms with Crippen LogP contribution in [0.25, 0.3) is 10.9 Å². The molecule has 0 atom stereocenters. The number of nitrogens with one attached hydrogen (secondary N) is 1. The van der Waals surface area contributed by atoms with Crippen LogP contribution in [0.4, 0.5) is 0 Å². The van der Waals surface area contributed by atoms with Crippen molar-refractivity contribution in [3.05, 3.63) is 36.0 Å². The summed E-state index contributed by atoms with van der Waals surface area (Å²) in [5, 5.41) is 4.54. The quantitative estimate of drug-likeness (QED) is 0.900. The van der Waals surface area contributed by atoms with Crippen LogP contribution in [0.2, 0.25) is 0 Å². The van der Waals surface area contributed by atoms with E-state index in [0.29, 0.717) is 0 Å². The Balaban J connectivity index is 2.31. The lowest BCUT2D eigenvalue weighted by Crippen LogP contribution is -2.35. The summed E-state index contributed by atoms with van der Waals surface area (Å²) in [5.41, 5.74) is 2.05. The smallest absolute Gasteiger partial charge is 0.145 e. The van der Waals surface area contributed by atoms with Gasteiger partial charge in [0.05, 0.1) is 12.8 Å². The SMILES string of the molecule is COc1cccc2ccc(CNC(C)(C)C)nc12. The van der Waals surface area contributed by atoms with Crippen LogP contribution in [0.15, 0.2) is 30.3 Å². The first-order chi connectivity index (χ1) is 8.49. The van der Waals surface area contributed by atoms with Gasteiger partial charge in [-0.05, 0) is 32.9 Å². The Labute approximate surface area is 108 Å². The van der Waals surface area contributed by atoms with E-state index in [2.05, 4.69) is 43.2 Å². The minimum absolute atomic E-state index is 0.0947. The Morgan fingerprint density at radius 3 is 2.61 bits per heavy atom. The molecule has 1 aromatic heterocycles. The van der Waals surface area contributed by atoms with Gasteiger partial charge < -0.3 is 10.1 Å². The fourth-order valence-electron chi connectivity index (χ4n) is 1.78. The van der Waals surface area contributed by atoms with Gasteiger partial charge in [0.1, 0.15) is 11.3 Å². The van der Waals surface area contributed by atoms with Crippen LogP contribution in [0.3, 0.4) is 0 Å². The van der Waals surface area contributed by atoms with E-state index >= 15 is 0 Å². The van der Waals surface area contributed by atoms with Crippen LogP contribution in [-0.4, -0.2) is 17.6 Å². The summed E-state index contributed by atoms with van der Waals surface area (Å²) >= 11 is 0. The summed E-state index contributed by atoms with van der Waals surface area (Å²) in [6, 6.07) is 10.1. The van der Waals surface area contributed by atoms with E-state index < -0.39 is 0 Å². The lowest BCUT2D eigenvalue weighted by Gasteiger charge is -2.20. The van der Waals surface area contributed by atoms with Crippen molar-refractivity contribution in [2.45, 2.75) is 32.9 Å². The molecule has 0 saturated heterocycles. The number of nitrogens with zero attached hydrogens (tertiary/aromatic N) is 1. The first kappa shape index (κ1) is 12.8. The third-order valence-corrected chi connectivity index (χ3v) is 2.76. The number of fused-ring (bicyclic) bond motifs is 1. The Morgan fingerprint density at radius 2 is 1.94 bits per heavy atom. The second-order valence-corrected chi connectivity index (χ2v) is 5.44. The Kier molecular flexibility index (Phi) is 3.53. The summed E-state index contributed by atoms with van der Waals surface area (Å²) in [6.45, 7) is 7.20. The fraction of sp³-hybridized carbons (Fsp3) is 0.400. The number of rotatable bonds is 3. The van der Waals surface area contributed by atoms with Crippen LogP contribution in [0.1, 0.15) is 26.5 Å². The number of hydrogen-bond acceptors (Lipinski definition) is 3. The molecule has 1 heterocycles. The maximum atomic E-state index is 5.34. The number of ether oxygens (including phenoxy) is 1. The summed E-state index contributed by atoms with van der Waals surface area (Å²) in [4.78, 5) is 4.66. The van der Waals surface area contributed by atoms with Crippen molar-refractivity contribution in [2.75, 3.05) is 7.11 Å². The van der Waals surface area contributed by atoms with Gasteiger partial charge in [0.2, 0.25) is 0 Å². The topological polar surface area (TPSA) is 34.1 Å².